The van der Waals surface area contributed by atoms with Gasteiger partial charge in [-0.05, 0) is 33.8 Å². The van der Waals surface area contributed by atoms with Crippen molar-refractivity contribution in [1.29, 1.82) is 0 Å². The van der Waals surface area contributed by atoms with Crippen LogP contribution in [-0.2, 0) is 11.2 Å². The van der Waals surface area contributed by atoms with Gasteiger partial charge in [-0.3, -0.25) is 0 Å². The summed E-state index contributed by atoms with van der Waals surface area (Å²) in [7, 11) is 0. The second-order valence-electron chi connectivity index (χ2n) is 3.31. The van der Waals surface area contributed by atoms with Crippen molar-refractivity contribution in [3.05, 3.63) is 17.0 Å². The van der Waals surface area contributed by atoms with E-state index in [9.17, 15) is 4.79 Å². The lowest BCUT2D eigenvalue weighted by molar-refractivity contribution is -0.145. The second kappa shape index (κ2) is 5.05. The number of aryl methyl sites for hydroxylation is 1. The van der Waals surface area contributed by atoms with Crippen LogP contribution in [0.4, 0.5) is 0 Å². The monoisotopic (exact) mass is 252 g/mol. The molecule has 2 aromatic rings. The van der Waals surface area contributed by atoms with Crippen LogP contribution in [0.15, 0.2) is 12.1 Å². The maximum atomic E-state index is 11.2. The molecule has 6 nitrogen and oxygen atoms in total. The molecule has 7 heteroatoms. The van der Waals surface area contributed by atoms with E-state index in [1.54, 1.807) is 18.3 Å². The third kappa shape index (κ3) is 2.50. The first-order valence-electron chi connectivity index (χ1n) is 5.33. The number of carbonyl (C=O) groups is 1. The number of thiophene rings is 1. The summed E-state index contributed by atoms with van der Waals surface area (Å²) in [5.41, 5.74) is 0. The molecule has 0 spiro atoms. The van der Waals surface area contributed by atoms with Gasteiger partial charge in [0.15, 0.2) is 0 Å². The molecule has 0 saturated carbocycles. The number of tetrazole rings is 1. The molecule has 0 saturated heterocycles. The predicted octanol–water partition coefficient (Wildman–Crippen LogP) is 1.33. The van der Waals surface area contributed by atoms with Gasteiger partial charge in [0.05, 0.1) is 4.88 Å². The van der Waals surface area contributed by atoms with E-state index in [4.69, 9.17) is 4.84 Å². The summed E-state index contributed by atoms with van der Waals surface area (Å²) in [5.74, 6) is 0.0855. The van der Waals surface area contributed by atoms with Gasteiger partial charge in [-0.2, -0.15) is 0 Å². The van der Waals surface area contributed by atoms with Crippen LogP contribution in [0.25, 0.3) is 10.7 Å². The fraction of sp³-hybridized carbons (Fsp3) is 0.400. The molecule has 0 unspecified atom stereocenters. The summed E-state index contributed by atoms with van der Waals surface area (Å²) < 4.78 is 0. The molecule has 0 bridgehead atoms. The van der Waals surface area contributed by atoms with Gasteiger partial charge in [-0.15, -0.1) is 16.4 Å². The van der Waals surface area contributed by atoms with Crippen molar-refractivity contribution in [3.8, 4) is 10.7 Å². The highest BCUT2D eigenvalue weighted by molar-refractivity contribution is 7.15. The number of hydrogen-bond acceptors (Lipinski definition) is 6. The van der Waals surface area contributed by atoms with Gasteiger partial charge in [0, 0.05) is 11.3 Å². The molecule has 0 aromatic carbocycles. The predicted molar refractivity (Wildman–Crippen MR) is 62.4 cm³/mol. The van der Waals surface area contributed by atoms with Crippen LogP contribution in [0, 0.1) is 0 Å². The number of carbonyl (C=O) groups excluding carboxylic acids is 1. The molecule has 0 aliphatic rings. The molecule has 0 fully saturated rings. The molecule has 0 atom stereocenters. The fourth-order valence-electron chi connectivity index (χ4n) is 1.23. The molecule has 0 aliphatic heterocycles. The van der Waals surface area contributed by atoms with Crippen LogP contribution in [0.5, 0.6) is 0 Å². The Kier molecular flexibility index (Phi) is 3.48. The number of hydrogen-bond donors (Lipinski definition) is 0. The van der Waals surface area contributed by atoms with E-state index in [0.29, 0.717) is 5.82 Å². The van der Waals surface area contributed by atoms with Crippen molar-refractivity contribution in [3.63, 3.8) is 0 Å². The molecular weight excluding hydrogens is 240 g/mol. The summed E-state index contributed by atoms with van der Waals surface area (Å²) in [4.78, 5) is 19.4. The van der Waals surface area contributed by atoms with Crippen LogP contribution in [-0.4, -0.2) is 26.3 Å². The number of rotatable bonds is 4. The number of aromatic nitrogens is 4. The molecule has 2 aromatic heterocycles. The van der Waals surface area contributed by atoms with Crippen molar-refractivity contribution in [2.75, 3.05) is 0 Å². The Morgan fingerprint density at radius 3 is 2.94 bits per heavy atom. The smallest absolute Gasteiger partial charge is 0.316 e. The lowest BCUT2D eigenvalue weighted by Gasteiger charge is -2.01. The van der Waals surface area contributed by atoms with Crippen LogP contribution in [0.3, 0.4) is 0 Å². The highest BCUT2D eigenvalue weighted by atomic mass is 32.1. The van der Waals surface area contributed by atoms with Crippen molar-refractivity contribution in [2.24, 2.45) is 0 Å². The van der Waals surface area contributed by atoms with Crippen LogP contribution in [0.1, 0.15) is 25.1 Å². The molecule has 2 rings (SSSR count). The average molecular weight is 252 g/mol. The summed E-state index contributed by atoms with van der Waals surface area (Å²) in [5, 5.41) is 11.0. The van der Waals surface area contributed by atoms with Crippen LogP contribution >= 0.6 is 11.3 Å². The van der Waals surface area contributed by atoms with Gasteiger partial charge in [0.1, 0.15) is 0 Å². The molecule has 0 aliphatic carbocycles. The van der Waals surface area contributed by atoms with Gasteiger partial charge in [0.2, 0.25) is 5.82 Å². The van der Waals surface area contributed by atoms with E-state index in [1.807, 2.05) is 12.1 Å². The van der Waals surface area contributed by atoms with Gasteiger partial charge < -0.3 is 4.84 Å². The van der Waals surface area contributed by atoms with E-state index < -0.39 is 0 Å². The Balaban J connectivity index is 2.26. The van der Waals surface area contributed by atoms with Gasteiger partial charge in [-0.25, -0.2) is 4.79 Å². The van der Waals surface area contributed by atoms with E-state index in [0.717, 1.165) is 16.1 Å². The quantitative estimate of drug-likeness (QED) is 0.768. The van der Waals surface area contributed by atoms with Crippen molar-refractivity contribution in [1.82, 2.24) is 20.4 Å². The SMILES string of the molecule is CCC(=O)On1nnnc1-c1ccc(CC)s1. The van der Waals surface area contributed by atoms with Crippen LogP contribution < -0.4 is 4.84 Å². The van der Waals surface area contributed by atoms with Gasteiger partial charge in [0.25, 0.3) is 0 Å². The maximum absolute atomic E-state index is 11.2. The van der Waals surface area contributed by atoms with Gasteiger partial charge >= 0.3 is 5.97 Å². The second-order valence-corrected chi connectivity index (χ2v) is 4.48. The Hall–Kier alpha value is -1.76. The summed E-state index contributed by atoms with van der Waals surface area (Å²) in [6, 6.07) is 3.94. The molecule has 0 N–H and O–H groups in total. The lowest BCUT2D eigenvalue weighted by Crippen LogP contribution is -2.20. The highest BCUT2D eigenvalue weighted by Crippen LogP contribution is 2.25. The maximum Gasteiger partial charge on any atom is 0.334 e. The third-order valence-electron chi connectivity index (χ3n) is 2.15. The average Bonchev–Trinajstić information content (AvgIpc) is 2.96. The Bertz CT molecular complexity index is 520. The van der Waals surface area contributed by atoms with Gasteiger partial charge in [-0.1, -0.05) is 13.8 Å². The molecule has 0 amide bonds. The Morgan fingerprint density at radius 2 is 2.29 bits per heavy atom. The zero-order valence-corrected chi connectivity index (χ0v) is 10.4. The zero-order chi connectivity index (χ0) is 12.3. The van der Waals surface area contributed by atoms with E-state index in [1.165, 1.54) is 4.88 Å². The minimum Gasteiger partial charge on any atom is -0.316 e. The summed E-state index contributed by atoms with van der Waals surface area (Å²) in [6.07, 6.45) is 1.24. The van der Waals surface area contributed by atoms with Crippen LogP contribution in [0.2, 0.25) is 0 Å². The van der Waals surface area contributed by atoms with E-state index in [2.05, 4.69) is 22.4 Å². The molecule has 2 heterocycles. The largest absolute Gasteiger partial charge is 0.334 e. The third-order valence-corrected chi connectivity index (χ3v) is 3.37. The molecule has 90 valence electrons. The summed E-state index contributed by atoms with van der Waals surface area (Å²) in [6.45, 7) is 3.79. The fourth-order valence-corrected chi connectivity index (χ4v) is 2.14. The zero-order valence-electron chi connectivity index (χ0n) is 9.58. The minimum absolute atomic E-state index is 0.282. The first-order valence-corrected chi connectivity index (χ1v) is 6.14. The number of nitrogens with zero attached hydrogens (tertiary/aromatic N) is 4. The van der Waals surface area contributed by atoms with E-state index >= 15 is 0 Å². The first kappa shape index (κ1) is 11.7. The topological polar surface area (TPSA) is 69.9 Å². The standard InChI is InChI=1S/C10H12N4O2S/c1-3-7-5-6-8(17-7)10-11-12-13-14(10)16-9(15)4-2/h5-6H,3-4H2,1-2H3. The molecule has 17 heavy (non-hydrogen) atoms. The lowest BCUT2D eigenvalue weighted by atomic mass is 10.3. The highest BCUT2D eigenvalue weighted by Gasteiger charge is 2.14. The van der Waals surface area contributed by atoms with Crippen molar-refractivity contribution in [2.45, 2.75) is 26.7 Å². The van der Waals surface area contributed by atoms with E-state index in [-0.39, 0.29) is 12.4 Å². The Morgan fingerprint density at radius 1 is 1.47 bits per heavy atom. The molecular formula is C10H12N4O2S. The van der Waals surface area contributed by atoms with Crippen molar-refractivity contribution >= 4 is 17.3 Å². The molecule has 0 radical (unpaired) electrons. The first-order chi connectivity index (χ1) is 8.24. The minimum atomic E-state index is -0.370. The normalized spacial score (nSPS) is 10.5. The Labute approximate surface area is 102 Å². The van der Waals surface area contributed by atoms with Crippen molar-refractivity contribution < 1.29 is 9.63 Å². The summed E-state index contributed by atoms with van der Waals surface area (Å²) >= 11 is 1.58.